The summed E-state index contributed by atoms with van der Waals surface area (Å²) in [5.74, 6) is -0.643. The Morgan fingerprint density at radius 2 is 2.06 bits per heavy atom. The first-order valence-electron chi connectivity index (χ1n) is 3.98. The van der Waals surface area contributed by atoms with Gasteiger partial charge in [-0.2, -0.15) is 10.5 Å². The number of ether oxygens (including phenoxy) is 1. The van der Waals surface area contributed by atoms with E-state index in [1.807, 2.05) is 0 Å². The Labute approximate surface area is 88.5 Å². The van der Waals surface area contributed by atoms with Crippen molar-refractivity contribution in [1.82, 2.24) is 4.98 Å². The van der Waals surface area contributed by atoms with Gasteiger partial charge in [-0.05, 0) is 0 Å². The first kappa shape index (κ1) is 11.8. The summed E-state index contributed by atoms with van der Waals surface area (Å²) in [5.41, 5.74) is -0.222. The normalized spacial score (nSPS) is 10.3. The molecule has 1 heterocycles. The largest absolute Gasteiger partial charge is 0.573 e. The molecule has 0 N–H and O–H groups in total. The van der Waals surface area contributed by atoms with Crippen molar-refractivity contribution in [3.8, 4) is 17.9 Å². The van der Waals surface area contributed by atoms with E-state index in [2.05, 4.69) is 9.72 Å². The summed E-state index contributed by atoms with van der Waals surface area (Å²) >= 11 is 0. The molecular weight excluding hydrogens is 223 g/mol. The highest BCUT2D eigenvalue weighted by molar-refractivity contribution is 5.42. The number of nitriles is 2. The number of nitrogens with zero attached hydrogens (tertiary/aromatic N) is 3. The molecule has 1 aromatic rings. The van der Waals surface area contributed by atoms with Gasteiger partial charge in [-0.3, -0.25) is 4.98 Å². The van der Waals surface area contributed by atoms with Crippen LogP contribution in [-0.4, -0.2) is 11.3 Å². The second kappa shape index (κ2) is 4.49. The molecule has 0 spiro atoms. The SMILES string of the molecule is N#CCc1cc(OC(F)(F)F)c(C#N)cn1. The molecule has 0 aromatic carbocycles. The Morgan fingerprint density at radius 3 is 2.56 bits per heavy atom. The fraction of sp³-hybridized carbons (Fsp3) is 0.222. The van der Waals surface area contributed by atoms with Crippen molar-refractivity contribution < 1.29 is 17.9 Å². The third kappa shape index (κ3) is 3.14. The van der Waals surface area contributed by atoms with E-state index in [1.165, 1.54) is 6.07 Å². The molecule has 0 fully saturated rings. The summed E-state index contributed by atoms with van der Waals surface area (Å²) in [5, 5.41) is 16.9. The van der Waals surface area contributed by atoms with Crippen LogP contribution in [-0.2, 0) is 6.42 Å². The topological polar surface area (TPSA) is 69.7 Å². The summed E-state index contributed by atoms with van der Waals surface area (Å²) in [7, 11) is 0. The van der Waals surface area contributed by atoms with Crippen molar-refractivity contribution in [3.63, 3.8) is 0 Å². The van der Waals surface area contributed by atoms with Crippen LogP contribution >= 0.6 is 0 Å². The Morgan fingerprint density at radius 1 is 1.38 bits per heavy atom. The summed E-state index contributed by atoms with van der Waals surface area (Å²) in [6.45, 7) is 0. The Hall–Kier alpha value is -2.28. The molecule has 0 unspecified atom stereocenters. The molecule has 0 aliphatic carbocycles. The van der Waals surface area contributed by atoms with E-state index in [9.17, 15) is 13.2 Å². The molecule has 0 saturated heterocycles. The molecule has 0 saturated carbocycles. The number of hydrogen-bond donors (Lipinski definition) is 0. The molecule has 0 bridgehead atoms. The zero-order chi connectivity index (χ0) is 12.2. The van der Waals surface area contributed by atoms with E-state index in [4.69, 9.17) is 10.5 Å². The number of halogens is 3. The highest BCUT2D eigenvalue weighted by Gasteiger charge is 2.32. The van der Waals surface area contributed by atoms with Crippen molar-refractivity contribution in [2.75, 3.05) is 0 Å². The first-order chi connectivity index (χ1) is 7.46. The lowest BCUT2D eigenvalue weighted by molar-refractivity contribution is -0.274. The van der Waals surface area contributed by atoms with Crippen LogP contribution in [0.1, 0.15) is 11.3 Å². The second-order valence-corrected chi connectivity index (χ2v) is 2.67. The Kier molecular flexibility index (Phi) is 3.31. The smallest absolute Gasteiger partial charge is 0.404 e. The molecule has 0 atom stereocenters. The van der Waals surface area contributed by atoms with Gasteiger partial charge in [-0.1, -0.05) is 0 Å². The molecule has 0 aliphatic rings. The van der Waals surface area contributed by atoms with Crippen molar-refractivity contribution in [2.45, 2.75) is 12.8 Å². The molecule has 0 amide bonds. The van der Waals surface area contributed by atoms with E-state index in [0.717, 1.165) is 12.3 Å². The van der Waals surface area contributed by atoms with Crippen LogP contribution in [0.25, 0.3) is 0 Å². The van der Waals surface area contributed by atoms with E-state index < -0.39 is 12.1 Å². The van der Waals surface area contributed by atoms with E-state index >= 15 is 0 Å². The number of pyridine rings is 1. The first-order valence-corrected chi connectivity index (χ1v) is 3.98. The lowest BCUT2D eigenvalue weighted by Gasteiger charge is -2.10. The van der Waals surface area contributed by atoms with Gasteiger partial charge in [0.1, 0.15) is 11.6 Å². The molecule has 82 valence electrons. The fourth-order valence-corrected chi connectivity index (χ4v) is 0.948. The predicted molar refractivity (Wildman–Crippen MR) is 45.0 cm³/mol. The average Bonchev–Trinajstić information content (AvgIpc) is 2.16. The van der Waals surface area contributed by atoms with Crippen molar-refractivity contribution in [2.24, 2.45) is 0 Å². The van der Waals surface area contributed by atoms with E-state index in [-0.39, 0.29) is 17.7 Å². The molecule has 16 heavy (non-hydrogen) atoms. The van der Waals surface area contributed by atoms with Crippen LogP contribution in [0.15, 0.2) is 12.3 Å². The Balaban J connectivity index is 3.09. The average molecular weight is 227 g/mol. The minimum Gasteiger partial charge on any atom is -0.404 e. The maximum atomic E-state index is 12.0. The number of alkyl halides is 3. The zero-order valence-corrected chi connectivity index (χ0v) is 7.75. The molecule has 0 radical (unpaired) electrons. The molecule has 7 heteroatoms. The van der Waals surface area contributed by atoms with Crippen LogP contribution in [0.2, 0.25) is 0 Å². The van der Waals surface area contributed by atoms with Gasteiger partial charge in [0.15, 0.2) is 5.75 Å². The highest BCUT2D eigenvalue weighted by Crippen LogP contribution is 2.26. The van der Waals surface area contributed by atoms with Gasteiger partial charge in [0.2, 0.25) is 0 Å². The summed E-state index contributed by atoms with van der Waals surface area (Å²) in [4.78, 5) is 3.64. The molecular formula is C9H4F3N3O. The molecule has 0 aliphatic heterocycles. The maximum absolute atomic E-state index is 12.0. The van der Waals surface area contributed by atoms with Crippen LogP contribution < -0.4 is 4.74 Å². The van der Waals surface area contributed by atoms with Crippen LogP contribution in [0.5, 0.6) is 5.75 Å². The summed E-state index contributed by atoms with van der Waals surface area (Å²) in [6, 6.07) is 4.17. The minimum absolute atomic E-state index is 0.112. The van der Waals surface area contributed by atoms with Gasteiger partial charge in [-0.25, -0.2) is 0 Å². The highest BCUT2D eigenvalue weighted by atomic mass is 19.4. The van der Waals surface area contributed by atoms with Crippen LogP contribution in [0.3, 0.4) is 0 Å². The molecule has 1 rings (SSSR count). The number of hydrogen-bond acceptors (Lipinski definition) is 4. The van der Waals surface area contributed by atoms with Crippen molar-refractivity contribution >= 4 is 0 Å². The third-order valence-electron chi connectivity index (χ3n) is 1.53. The minimum atomic E-state index is -4.88. The van der Waals surface area contributed by atoms with Crippen molar-refractivity contribution in [3.05, 3.63) is 23.5 Å². The second-order valence-electron chi connectivity index (χ2n) is 2.67. The van der Waals surface area contributed by atoms with Crippen molar-refractivity contribution in [1.29, 1.82) is 10.5 Å². The fourth-order valence-electron chi connectivity index (χ4n) is 0.948. The lowest BCUT2D eigenvalue weighted by atomic mass is 10.2. The Bertz CT molecular complexity index is 470. The predicted octanol–water partition coefficient (Wildman–Crippen LogP) is 1.92. The maximum Gasteiger partial charge on any atom is 0.573 e. The van der Waals surface area contributed by atoms with Gasteiger partial charge in [-0.15, -0.1) is 13.2 Å². The van der Waals surface area contributed by atoms with Gasteiger partial charge < -0.3 is 4.74 Å². The molecule has 1 aromatic heterocycles. The van der Waals surface area contributed by atoms with Crippen LogP contribution in [0, 0.1) is 22.7 Å². The van der Waals surface area contributed by atoms with Gasteiger partial charge in [0, 0.05) is 12.3 Å². The summed E-state index contributed by atoms with van der Waals surface area (Å²) in [6.07, 6.45) is -4.09. The summed E-state index contributed by atoms with van der Waals surface area (Å²) < 4.78 is 39.5. The zero-order valence-electron chi connectivity index (χ0n) is 7.75. The number of aromatic nitrogens is 1. The quantitative estimate of drug-likeness (QED) is 0.773. The molecule has 4 nitrogen and oxygen atoms in total. The van der Waals surface area contributed by atoms with Gasteiger partial charge >= 0.3 is 6.36 Å². The van der Waals surface area contributed by atoms with Gasteiger partial charge in [0.05, 0.1) is 18.2 Å². The number of rotatable bonds is 2. The van der Waals surface area contributed by atoms with Crippen LogP contribution in [0.4, 0.5) is 13.2 Å². The van der Waals surface area contributed by atoms with Gasteiger partial charge in [0.25, 0.3) is 0 Å². The monoisotopic (exact) mass is 227 g/mol. The van der Waals surface area contributed by atoms with E-state index in [1.54, 1.807) is 6.07 Å². The van der Waals surface area contributed by atoms with E-state index in [0.29, 0.717) is 0 Å². The third-order valence-corrected chi connectivity index (χ3v) is 1.53. The lowest BCUT2D eigenvalue weighted by Crippen LogP contribution is -2.18. The standard InChI is InChI=1S/C9H4F3N3O/c10-9(11,12)16-8-3-7(1-2-13)15-5-6(8)4-14/h3,5H,1H2.